The molecule has 1 aromatic heterocycles. The summed E-state index contributed by atoms with van der Waals surface area (Å²) in [6.07, 6.45) is 1.52. The monoisotopic (exact) mass is 291 g/mol. The first-order valence-electron chi connectivity index (χ1n) is 7.05. The second kappa shape index (κ2) is 6.92. The van der Waals surface area contributed by atoms with Crippen molar-refractivity contribution in [1.29, 1.82) is 0 Å². The Morgan fingerprint density at radius 3 is 2.71 bits per heavy atom. The number of nitrogens with one attached hydrogen (secondary N) is 2. The van der Waals surface area contributed by atoms with Crippen molar-refractivity contribution in [3.05, 3.63) is 24.4 Å². The van der Waals surface area contributed by atoms with Gasteiger partial charge in [0, 0.05) is 50.9 Å². The van der Waals surface area contributed by atoms with Crippen LogP contribution < -0.4 is 10.2 Å². The van der Waals surface area contributed by atoms with Gasteiger partial charge in [0.1, 0.15) is 0 Å². The predicted octanol–water partition coefficient (Wildman–Crippen LogP) is 0.0590. The minimum absolute atomic E-state index is 0.0669. The third-order valence-corrected chi connectivity index (χ3v) is 3.47. The number of hydrogen-bond acceptors (Lipinski definition) is 4. The van der Waals surface area contributed by atoms with E-state index in [0.29, 0.717) is 26.1 Å². The van der Waals surface area contributed by atoms with E-state index in [1.807, 2.05) is 17.9 Å². The van der Waals surface area contributed by atoms with Gasteiger partial charge in [-0.2, -0.15) is 5.10 Å². The first-order chi connectivity index (χ1) is 10.1. The molecule has 0 bridgehead atoms. The van der Waals surface area contributed by atoms with Gasteiger partial charge in [0.25, 0.3) is 0 Å². The average Bonchev–Trinajstić information content (AvgIpc) is 2.93. The normalized spacial score (nSPS) is 14.9. The van der Waals surface area contributed by atoms with Crippen molar-refractivity contribution >= 4 is 17.6 Å². The summed E-state index contributed by atoms with van der Waals surface area (Å²) < 4.78 is 0. The molecule has 0 unspecified atom stereocenters. The zero-order chi connectivity index (χ0) is 15.2. The lowest BCUT2D eigenvalue weighted by atomic mass is 10.2. The highest BCUT2D eigenvalue weighted by Gasteiger charge is 2.22. The molecule has 21 heavy (non-hydrogen) atoms. The first-order valence-corrected chi connectivity index (χ1v) is 7.05. The summed E-state index contributed by atoms with van der Waals surface area (Å²) >= 11 is 0. The number of amides is 2. The predicted molar refractivity (Wildman–Crippen MR) is 79.9 cm³/mol. The van der Waals surface area contributed by atoms with E-state index in [9.17, 15) is 9.59 Å². The number of H-pyrrole nitrogens is 1. The minimum atomic E-state index is -0.249. The fourth-order valence-electron chi connectivity index (χ4n) is 2.27. The highest BCUT2D eigenvalue weighted by molar-refractivity contribution is 5.87. The van der Waals surface area contributed by atoms with E-state index in [2.05, 4.69) is 27.0 Å². The number of aromatic amines is 1. The molecule has 0 aromatic carbocycles. The van der Waals surface area contributed by atoms with Crippen molar-refractivity contribution in [3.8, 4) is 0 Å². The summed E-state index contributed by atoms with van der Waals surface area (Å²) in [5.74, 6) is 0.747. The lowest BCUT2D eigenvalue weighted by molar-refractivity contribution is -0.131. The van der Waals surface area contributed by atoms with Gasteiger partial charge in [-0.1, -0.05) is 6.58 Å². The van der Waals surface area contributed by atoms with Crippen LogP contribution in [0, 0.1) is 6.92 Å². The lowest BCUT2D eigenvalue weighted by Crippen LogP contribution is -2.49. The Balaban J connectivity index is 1.74. The van der Waals surface area contributed by atoms with Crippen LogP contribution in [-0.2, 0) is 9.59 Å². The molecule has 0 spiro atoms. The number of nitrogens with zero attached hydrogens (tertiary/aromatic N) is 3. The van der Waals surface area contributed by atoms with Gasteiger partial charge < -0.3 is 15.1 Å². The van der Waals surface area contributed by atoms with Crippen LogP contribution in [0.2, 0.25) is 0 Å². The van der Waals surface area contributed by atoms with Gasteiger partial charge in [-0.25, -0.2) is 0 Å². The summed E-state index contributed by atoms with van der Waals surface area (Å²) in [5.41, 5.74) is 1.03. The molecule has 1 aliphatic heterocycles. The summed E-state index contributed by atoms with van der Waals surface area (Å²) in [4.78, 5) is 27.0. The van der Waals surface area contributed by atoms with Gasteiger partial charge in [0.2, 0.25) is 11.8 Å². The van der Waals surface area contributed by atoms with Crippen LogP contribution >= 0.6 is 0 Å². The second-order valence-electron chi connectivity index (χ2n) is 5.02. The zero-order valence-corrected chi connectivity index (χ0v) is 12.3. The van der Waals surface area contributed by atoms with Gasteiger partial charge in [-0.15, -0.1) is 0 Å². The Kier molecular flexibility index (Phi) is 4.97. The Labute approximate surface area is 124 Å². The number of carbonyl (C=O) groups excluding carboxylic acids is 2. The molecule has 1 saturated heterocycles. The maximum Gasteiger partial charge on any atom is 0.243 e. The van der Waals surface area contributed by atoms with Crippen LogP contribution in [0.1, 0.15) is 12.1 Å². The standard InChI is InChI=1S/C14H21N5O2/c1-3-13(20)15-5-4-14(21)19-8-6-18(7-9-19)12-10-11(2)16-17-12/h3,10H,1,4-9H2,2H3,(H,15,20)(H,16,17). The van der Waals surface area contributed by atoms with E-state index in [0.717, 1.165) is 24.6 Å². The molecule has 2 N–H and O–H groups in total. The van der Waals surface area contributed by atoms with Gasteiger partial charge in [0.15, 0.2) is 5.82 Å². The Morgan fingerprint density at radius 1 is 1.43 bits per heavy atom. The molecule has 7 nitrogen and oxygen atoms in total. The third kappa shape index (κ3) is 4.08. The largest absolute Gasteiger partial charge is 0.352 e. The fourth-order valence-corrected chi connectivity index (χ4v) is 2.27. The van der Waals surface area contributed by atoms with Crippen molar-refractivity contribution < 1.29 is 9.59 Å². The summed E-state index contributed by atoms with van der Waals surface area (Å²) in [7, 11) is 0. The van der Waals surface area contributed by atoms with E-state index in [1.165, 1.54) is 6.08 Å². The fraction of sp³-hybridized carbons (Fsp3) is 0.500. The number of hydrogen-bond donors (Lipinski definition) is 2. The average molecular weight is 291 g/mol. The number of aryl methyl sites for hydroxylation is 1. The molecule has 0 aliphatic carbocycles. The second-order valence-corrected chi connectivity index (χ2v) is 5.02. The topological polar surface area (TPSA) is 81.3 Å². The lowest BCUT2D eigenvalue weighted by Gasteiger charge is -2.34. The van der Waals surface area contributed by atoms with Crippen molar-refractivity contribution in [2.75, 3.05) is 37.6 Å². The molecular weight excluding hydrogens is 270 g/mol. The SMILES string of the molecule is C=CC(=O)NCCC(=O)N1CCN(c2cc(C)[nH]n2)CC1. The third-order valence-electron chi connectivity index (χ3n) is 3.47. The van der Waals surface area contributed by atoms with Crippen LogP contribution in [0.15, 0.2) is 18.7 Å². The Bertz CT molecular complexity index is 517. The number of aromatic nitrogens is 2. The maximum absolute atomic E-state index is 12.0. The van der Waals surface area contributed by atoms with Gasteiger partial charge in [-0.3, -0.25) is 14.7 Å². The number of rotatable bonds is 5. The van der Waals surface area contributed by atoms with Crippen molar-refractivity contribution in [1.82, 2.24) is 20.4 Å². The van der Waals surface area contributed by atoms with E-state index in [-0.39, 0.29) is 11.8 Å². The number of piperazine rings is 1. The molecule has 0 atom stereocenters. The van der Waals surface area contributed by atoms with E-state index >= 15 is 0 Å². The number of anilines is 1. The Morgan fingerprint density at radius 2 is 2.14 bits per heavy atom. The highest BCUT2D eigenvalue weighted by Crippen LogP contribution is 2.14. The van der Waals surface area contributed by atoms with Crippen LogP contribution in [0.5, 0.6) is 0 Å². The summed E-state index contributed by atoms with van der Waals surface area (Å²) in [6.45, 7) is 8.59. The summed E-state index contributed by atoms with van der Waals surface area (Å²) in [6, 6.07) is 2.00. The van der Waals surface area contributed by atoms with E-state index in [4.69, 9.17) is 0 Å². The first kappa shape index (κ1) is 15.1. The van der Waals surface area contributed by atoms with Gasteiger partial charge in [0.05, 0.1) is 0 Å². The van der Waals surface area contributed by atoms with E-state index in [1.54, 1.807) is 0 Å². The maximum atomic E-state index is 12.0. The Hall–Kier alpha value is -2.31. The van der Waals surface area contributed by atoms with Crippen LogP contribution in [0.3, 0.4) is 0 Å². The quantitative estimate of drug-likeness (QED) is 0.752. The molecule has 1 aliphatic rings. The smallest absolute Gasteiger partial charge is 0.243 e. The molecule has 2 amide bonds. The van der Waals surface area contributed by atoms with E-state index < -0.39 is 0 Å². The minimum Gasteiger partial charge on any atom is -0.352 e. The molecule has 1 aromatic rings. The van der Waals surface area contributed by atoms with Gasteiger partial charge in [-0.05, 0) is 13.0 Å². The molecule has 114 valence electrons. The highest BCUT2D eigenvalue weighted by atomic mass is 16.2. The van der Waals surface area contributed by atoms with Crippen molar-refractivity contribution in [3.63, 3.8) is 0 Å². The molecule has 2 rings (SSSR count). The number of carbonyl (C=O) groups is 2. The molecule has 0 radical (unpaired) electrons. The van der Waals surface area contributed by atoms with Crippen molar-refractivity contribution in [2.24, 2.45) is 0 Å². The van der Waals surface area contributed by atoms with Gasteiger partial charge >= 0.3 is 0 Å². The molecule has 0 saturated carbocycles. The molecule has 1 fully saturated rings. The molecule has 2 heterocycles. The zero-order valence-electron chi connectivity index (χ0n) is 12.3. The molecular formula is C14H21N5O2. The summed E-state index contributed by atoms with van der Waals surface area (Å²) in [5, 5.41) is 9.76. The van der Waals surface area contributed by atoms with Crippen molar-refractivity contribution in [2.45, 2.75) is 13.3 Å². The van der Waals surface area contributed by atoms with Crippen LogP contribution in [0.4, 0.5) is 5.82 Å². The molecule has 7 heteroatoms. The van der Waals surface area contributed by atoms with Crippen LogP contribution in [0.25, 0.3) is 0 Å². The van der Waals surface area contributed by atoms with Crippen LogP contribution in [-0.4, -0.2) is 59.6 Å².